The predicted molar refractivity (Wildman–Crippen MR) is 137 cm³/mol. The highest BCUT2D eigenvalue weighted by molar-refractivity contribution is 8.00. The molecule has 1 aromatic carbocycles. The van der Waals surface area contributed by atoms with E-state index in [0.717, 1.165) is 57.9 Å². The second-order valence-electron chi connectivity index (χ2n) is 9.14. The molecule has 1 amide bonds. The number of aryl methyl sites for hydroxylation is 1. The second-order valence-corrected chi connectivity index (χ2v) is 10.2. The third-order valence-electron chi connectivity index (χ3n) is 6.65. The molecule has 1 aliphatic heterocycles. The molecule has 1 saturated carbocycles. The van der Waals surface area contributed by atoms with Gasteiger partial charge in [-0.15, -0.1) is 11.8 Å². The summed E-state index contributed by atoms with van der Waals surface area (Å²) < 4.78 is 0. The van der Waals surface area contributed by atoms with E-state index < -0.39 is 5.60 Å². The molecule has 0 unspecified atom stereocenters. The maximum Gasteiger partial charge on any atom is 0.234 e. The van der Waals surface area contributed by atoms with Gasteiger partial charge in [0, 0.05) is 35.1 Å². The number of hydrogen-bond acceptors (Lipinski definition) is 7. The maximum atomic E-state index is 11.7. The molecule has 34 heavy (non-hydrogen) atoms. The number of pyridine rings is 2. The van der Waals surface area contributed by atoms with Crippen LogP contribution < -0.4 is 16.0 Å². The minimum atomic E-state index is -0.967. The van der Waals surface area contributed by atoms with Crippen molar-refractivity contribution in [3.8, 4) is 0 Å². The third kappa shape index (κ3) is 4.80. The zero-order chi connectivity index (χ0) is 23.7. The number of aromatic nitrogens is 2. The van der Waals surface area contributed by atoms with E-state index in [0.29, 0.717) is 30.3 Å². The molecule has 0 atom stereocenters. The van der Waals surface area contributed by atoms with E-state index in [1.165, 1.54) is 0 Å². The van der Waals surface area contributed by atoms with Gasteiger partial charge in [-0.25, -0.2) is 4.98 Å². The summed E-state index contributed by atoms with van der Waals surface area (Å²) in [5, 5.41) is 21.2. The molecular weight excluding hydrogens is 446 g/mol. The van der Waals surface area contributed by atoms with Gasteiger partial charge in [-0.3, -0.25) is 9.78 Å². The summed E-state index contributed by atoms with van der Waals surface area (Å²) in [6.07, 6.45) is 4.70. The van der Waals surface area contributed by atoms with Gasteiger partial charge < -0.3 is 21.1 Å². The van der Waals surface area contributed by atoms with Crippen molar-refractivity contribution in [2.24, 2.45) is 0 Å². The van der Waals surface area contributed by atoms with Gasteiger partial charge in [-0.1, -0.05) is 12.6 Å². The first-order chi connectivity index (χ1) is 16.4. The highest BCUT2D eigenvalue weighted by Crippen LogP contribution is 2.36. The molecule has 2 aromatic heterocycles. The van der Waals surface area contributed by atoms with E-state index in [2.05, 4.69) is 44.6 Å². The van der Waals surface area contributed by atoms with Crippen molar-refractivity contribution in [1.82, 2.24) is 15.3 Å². The van der Waals surface area contributed by atoms with Crippen LogP contribution in [0.5, 0.6) is 0 Å². The number of rotatable bonds is 6. The first-order valence-corrected chi connectivity index (χ1v) is 12.6. The average molecular weight is 476 g/mol. The average Bonchev–Trinajstić information content (AvgIpc) is 2.84. The monoisotopic (exact) mass is 475 g/mol. The van der Waals surface area contributed by atoms with Crippen LogP contribution >= 0.6 is 11.8 Å². The van der Waals surface area contributed by atoms with Gasteiger partial charge in [-0.2, -0.15) is 0 Å². The maximum absolute atomic E-state index is 11.7. The first kappa shape index (κ1) is 22.8. The van der Waals surface area contributed by atoms with Crippen LogP contribution in [0.25, 0.3) is 11.0 Å². The Morgan fingerprint density at radius 3 is 2.91 bits per heavy atom. The van der Waals surface area contributed by atoms with Gasteiger partial charge in [0.2, 0.25) is 5.91 Å². The smallest absolute Gasteiger partial charge is 0.234 e. The predicted octanol–water partition coefficient (Wildman–Crippen LogP) is 4.37. The van der Waals surface area contributed by atoms with E-state index in [1.54, 1.807) is 18.0 Å². The Balaban J connectivity index is 1.18. The van der Waals surface area contributed by atoms with Crippen molar-refractivity contribution in [3.63, 3.8) is 0 Å². The molecule has 2 aliphatic rings. The van der Waals surface area contributed by atoms with Gasteiger partial charge in [0.15, 0.2) is 0 Å². The lowest BCUT2D eigenvalue weighted by atomic mass is 9.80. The normalized spacial score (nSPS) is 22.2. The van der Waals surface area contributed by atoms with Crippen LogP contribution in [-0.2, 0) is 11.3 Å². The molecule has 0 saturated heterocycles. The Bertz CT molecular complexity index is 1250. The summed E-state index contributed by atoms with van der Waals surface area (Å²) in [7, 11) is 0. The summed E-state index contributed by atoms with van der Waals surface area (Å²) in [6, 6.07) is 12.3. The van der Waals surface area contributed by atoms with E-state index in [1.807, 2.05) is 31.2 Å². The number of amides is 1. The highest BCUT2D eigenvalue weighted by atomic mass is 32.2. The molecule has 0 spiro atoms. The lowest BCUT2D eigenvalue weighted by molar-refractivity contribution is -0.113. The number of anilines is 2. The van der Waals surface area contributed by atoms with Gasteiger partial charge in [0.25, 0.3) is 0 Å². The lowest BCUT2D eigenvalue weighted by Crippen LogP contribution is -2.43. The van der Waals surface area contributed by atoms with E-state index in [4.69, 9.17) is 0 Å². The summed E-state index contributed by atoms with van der Waals surface area (Å²) in [5.74, 6) is 0.525. The second kappa shape index (κ2) is 9.37. The minimum Gasteiger partial charge on any atom is -0.384 e. The fourth-order valence-corrected chi connectivity index (χ4v) is 5.39. The Morgan fingerprint density at radius 1 is 1.26 bits per heavy atom. The quantitative estimate of drug-likeness (QED) is 0.420. The zero-order valence-electron chi connectivity index (χ0n) is 19.2. The molecule has 8 heteroatoms. The number of carbonyl (C=O) groups excluding carboxylic acids is 1. The number of benzene rings is 1. The van der Waals surface area contributed by atoms with Crippen LogP contribution in [0.1, 0.15) is 36.9 Å². The van der Waals surface area contributed by atoms with Crippen molar-refractivity contribution in [2.75, 3.05) is 16.4 Å². The van der Waals surface area contributed by atoms with Crippen LogP contribution in [0.3, 0.4) is 0 Å². The summed E-state index contributed by atoms with van der Waals surface area (Å²) in [6.45, 7) is 6.85. The largest absolute Gasteiger partial charge is 0.384 e. The van der Waals surface area contributed by atoms with Crippen LogP contribution in [0.4, 0.5) is 11.4 Å². The molecule has 5 rings (SSSR count). The lowest BCUT2D eigenvalue weighted by Gasteiger charge is -2.38. The molecule has 4 N–H and O–H groups in total. The Hall–Kier alpha value is -2.94. The molecule has 7 nitrogen and oxygen atoms in total. The molecule has 3 heterocycles. The minimum absolute atomic E-state index is 0.0497. The van der Waals surface area contributed by atoms with Crippen molar-refractivity contribution in [1.29, 1.82) is 0 Å². The number of hydrogen-bond donors (Lipinski definition) is 4. The molecule has 1 aliphatic carbocycles. The highest BCUT2D eigenvalue weighted by Gasteiger charge is 2.36. The standard InChI is InChI=1S/C26H29N5O2S/c1-16-3-5-20-25(29-16)21(9-12-27-20)30-17(2)26(33)10-7-19(8-11-26)28-14-18-4-6-23-22(13-18)31-24(32)15-34-23/h3-6,9,12-13,19,28,33H,2,7-8,10-11,14-15H2,1H3,(H,27,30)(H,31,32). The summed E-state index contributed by atoms with van der Waals surface area (Å²) in [4.78, 5) is 21.8. The molecular formula is C26H29N5O2S. The fourth-order valence-electron chi connectivity index (χ4n) is 4.61. The van der Waals surface area contributed by atoms with Gasteiger partial charge >= 0.3 is 0 Å². The number of thioether (sulfide) groups is 1. The summed E-state index contributed by atoms with van der Waals surface area (Å²) >= 11 is 1.57. The van der Waals surface area contributed by atoms with Gasteiger partial charge in [0.1, 0.15) is 11.1 Å². The van der Waals surface area contributed by atoms with Crippen LogP contribution in [0, 0.1) is 6.92 Å². The van der Waals surface area contributed by atoms with Crippen molar-refractivity contribution >= 4 is 40.1 Å². The SMILES string of the molecule is C=C(Nc1ccnc2ccc(C)nc12)C1(O)CCC(NCc2ccc3c(c2)NC(=O)CS3)CC1. The number of fused-ring (bicyclic) bond motifs is 2. The van der Waals surface area contributed by atoms with E-state index in [9.17, 15) is 9.90 Å². The third-order valence-corrected chi connectivity index (χ3v) is 7.73. The summed E-state index contributed by atoms with van der Waals surface area (Å²) in [5.41, 5.74) is 4.99. The number of aliphatic hydroxyl groups is 1. The topological polar surface area (TPSA) is 99.2 Å². The van der Waals surface area contributed by atoms with Gasteiger partial charge in [0.05, 0.1) is 22.6 Å². The van der Waals surface area contributed by atoms with Crippen molar-refractivity contribution in [2.45, 2.75) is 55.7 Å². The van der Waals surface area contributed by atoms with Gasteiger partial charge in [-0.05, 0) is 68.5 Å². The van der Waals surface area contributed by atoms with Crippen molar-refractivity contribution in [3.05, 3.63) is 66.1 Å². The Labute approximate surface area is 203 Å². The van der Waals surface area contributed by atoms with E-state index >= 15 is 0 Å². The first-order valence-electron chi connectivity index (χ1n) is 11.6. The van der Waals surface area contributed by atoms with Crippen LogP contribution in [-0.4, -0.2) is 38.4 Å². The molecule has 1 fully saturated rings. The van der Waals surface area contributed by atoms with Crippen LogP contribution in [0.15, 0.2) is 59.8 Å². The number of carbonyl (C=O) groups is 1. The number of nitrogens with one attached hydrogen (secondary N) is 3. The Morgan fingerprint density at radius 2 is 2.09 bits per heavy atom. The molecule has 0 bridgehead atoms. The van der Waals surface area contributed by atoms with Crippen LogP contribution in [0.2, 0.25) is 0 Å². The Kier molecular flexibility index (Phi) is 6.29. The molecule has 176 valence electrons. The molecule has 0 radical (unpaired) electrons. The fraction of sp³-hybridized carbons (Fsp3) is 0.346. The van der Waals surface area contributed by atoms with E-state index in [-0.39, 0.29) is 5.91 Å². The zero-order valence-corrected chi connectivity index (χ0v) is 20.0. The van der Waals surface area contributed by atoms with Crippen molar-refractivity contribution < 1.29 is 9.90 Å². The molecule has 3 aromatic rings. The number of nitrogens with zero attached hydrogens (tertiary/aromatic N) is 2.